The monoisotopic (exact) mass is 237 g/mol. The fourth-order valence-electron chi connectivity index (χ4n) is 1.33. The first-order chi connectivity index (χ1) is 6.75. The van der Waals surface area contributed by atoms with Crippen LogP contribution in [0.3, 0.4) is 0 Å². The fourth-order valence-corrected chi connectivity index (χ4v) is 3.11. The van der Waals surface area contributed by atoms with Crippen LogP contribution in [0.15, 0.2) is 0 Å². The quantitative estimate of drug-likeness (QED) is 0.721. The van der Waals surface area contributed by atoms with Crippen molar-refractivity contribution in [2.45, 2.75) is 52.9 Å². The van der Waals surface area contributed by atoms with Crippen LogP contribution >= 0.6 is 7.60 Å². The van der Waals surface area contributed by atoms with Gasteiger partial charge in [0.15, 0.2) is 0 Å². The molecule has 0 bridgehead atoms. The predicted octanol–water partition coefficient (Wildman–Crippen LogP) is 2.99. The van der Waals surface area contributed by atoms with E-state index in [1.807, 2.05) is 41.5 Å². The summed E-state index contributed by atoms with van der Waals surface area (Å²) in [5.74, 6) is -0.294. The summed E-state index contributed by atoms with van der Waals surface area (Å²) in [6.45, 7) is 12.3. The van der Waals surface area contributed by atoms with Gasteiger partial charge in [-0.25, -0.2) is 0 Å². The van der Waals surface area contributed by atoms with Crippen LogP contribution in [0.2, 0.25) is 0 Å². The van der Waals surface area contributed by atoms with Crippen LogP contribution < -0.4 is 5.32 Å². The molecule has 0 aliphatic rings. The Morgan fingerprint density at radius 3 is 1.87 bits per heavy atom. The van der Waals surface area contributed by atoms with E-state index in [0.29, 0.717) is 13.2 Å². The first kappa shape index (κ1) is 15.1. The van der Waals surface area contributed by atoms with Gasteiger partial charge in [-0.2, -0.15) is 0 Å². The molecule has 0 aliphatic carbocycles. The third-order valence-electron chi connectivity index (χ3n) is 1.73. The third kappa shape index (κ3) is 5.67. The second kappa shape index (κ2) is 6.00. The van der Waals surface area contributed by atoms with Gasteiger partial charge >= 0.3 is 7.60 Å². The van der Waals surface area contributed by atoms with Crippen LogP contribution in [0.25, 0.3) is 0 Å². The van der Waals surface area contributed by atoms with Crippen molar-refractivity contribution in [3.63, 3.8) is 0 Å². The predicted molar refractivity (Wildman–Crippen MR) is 63.2 cm³/mol. The van der Waals surface area contributed by atoms with Crippen LogP contribution in [0, 0.1) is 0 Å². The van der Waals surface area contributed by atoms with E-state index in [1.54, 1.807) is 0 Å². The Hall–Kier alpha value is 0.110. The first-order valence-corrected chi connectivity index (χ1v) is 7.03. The maximum atomic E-state index is 12.3. The van der Waals surface area contributed by atoms with Gasteiger partial charge in [0, 0.05) is 5.54 Å². The number of rotatable bonds is 6. The zero-order valence-electron chi connectivity index (χ0n) is 10.7. The number of hydrogen-bond acceptors (Lipinski definition) is 4. The second-order valence-corrected chi connectivity index (χ2v) is 6.82. The van der Waals surface area contributed by atoms with E-state index in [9.17, 15) is 4.57 Å². The highest BCUT2D eigenvalue weighted by Gasteiger charge is 2.33. The summed E-state index contributed by atoms with van der Waals surface area (Å²) in [5.41, 5.74) is -0.108. The van der Waals surface area contributed by atoms with E-state index in [1.165, 1.54) is 0 Å². The van der Waals surface area contributed by atoms with Crippen molar-refractivity contribution in [2.24, 2.45) is 0 Å². The normalized spacial score (nSPS) is 15.3. The molecule has 0 aromatic heterocycles. The summed E-state index contributed by atoms with van der Waals surface area (Å²) < 4.78 is 22.8. The fraction of sp³-hybridized carbons (Fsp3) is 1.00. The molecule has 5 heteroatoms. The largest absolute Gasteiger partial charge is 0.347 e. The Kier molecular flexibility index (Phi) is 6.04. The third-order valence-corrected chi connectivity index (χ3v) is 4.05. The lowest BCUT2D eigenvalue weighted by Gasteiger charge is -2.30. The Bertz CT molecular complexity index is 215. The van der Waals surface area contributed by atoms with Gasteiger partial charge in [-0.05, 0) is 41.5 Å². The Labute approximate surface area is 93.3 Å². The first-order valence-electron chi connectivity index (χ1n) is 5.41. The molecule has 0 saturated carbocycles. The minimum absolute atomic E-state index is 0.108. The molecule has 0 heterocycles. The van der Waals surface area contributed by atoms with Gasteiger partial charge in [-0.15, -0.1) is 0 Å². The number of hydrogen-bond donors (Lipinski definition) is 1. The molecule has 0 radical (unpaired) electrons. The molecule has 0 unspecified atom stereocenters. The lowest BCUT2D eigenvalue weighted by Crippen LogP contribution is -2.42. The molecule has 0 fully saturated rings. The smallest absolute Gasteiger partial charge is 0.308 e. The van der Waals surface area contributed by atoms with E-state index in [-0.39, 0.29) is 11.3 Å². The van der Waals surface area contributed by atoms with Gasteiger partial charge in [-0.1, -0.05) is 0 Å². The lowest BCUT2D eigenvalue weighted by atomic mass is 10.1. The van der Waals surface area contributed by atoms with E-state index in [0.717, 1.165) is 0 Å². The molecular weight excluding hydrogens is 213 g/mol. The molecule has 0 aliphatic heterocycles. The molecule has 0 saturated heterocycles. The van der Waals surface area contributed by atoms with Crippen LogP contribution in [0.1, 0.15) is 41.5 Å². The zero-order valence-corrected chi connectivity index (χ0v) is 11.6. The molecule has 0 amide bonds. The zero-order chi connectivity index (χ0) is 12.1. The SMILES string of the molecule is CCOP(=O)(OCC)[C@@H](C)NC(C)(C)C. The second-order valence-electron chi connectivity index (χ2n) is 4.45. The molecule has 0 aromatic carbocycles. The van der Waals surface area contributed by atoms with Gasteiger partial charge in [0.1, 0.15) is 5.78 Å². The number of nitrogens with one attached hydrogen (secondary N) is 1. The molecule has 1 atom stereocenters. The van der Waals surface area contributed by atoms with Crippen molar-refractivity contribution in [1.29, 1.82) is 0 Å². The maximum absolute atomic E-state index is 12.3. The van der Waals surface area contributed by atoms with Crippen molar-refractivity contribution in [3.05, 3.63) is 0 Å². The molecule has 0 aromatic rings. The van der Waals surface area contributed by atoms with E-state index < -0.39 is 7.60 Å². The van der Waals surface area contributed by atoms with E-state index in [4.69, 9.17) is 9.05 Å². The van der Waals surface area contributed by atoms with Crippen LogP contribution in [-0.2, 0) is 13.6 Å². The molecule has 15 heavy (non-hydrogen) atoms. The molecule has 1 N–H and O–H groups in total. The van der Waals surface area contributed by atoms with Crippen molar-refractivity contribution in [2.75, 3.05) is 13.2 Å². The standard InChI is InChI=1S/C10H24NO3P/c1-7-13-15(12,14-8-2)9(3)11-10(4,5)6/h9,11H,7-8H2,1-6H3/t9-/m0/s1. The molecule has 4 nitrogen and oxygen atoms in total. The van der Waals surface area contributed by atoms with Gasteiger partial charge in [0.05, 0.1) is 13.2 Å². The summed E-state index contributed by atoms with van der Waals surface area (Å²) in [7, 11) is -3.02. The topological polar surface area (TPSA) is 47.6 Å². The summed E-state index contributed by atoms with van der Waals surface area (Å²) in [4.78, 5) is 0. The Balaban J connectivity index is 4.55. The van der Waals surface area contributed by atoms with E-state index >= 15 is 0 Å². The summed E-state index contributed by atoms with van der Waals surface area (Å²) in [5, 5.41) is 3.22. The molecular formula is C10H24NO3P. The van der Waals surface area contributed by atoms with Crippen LogP contribution in [-0.4, -0.2) is 24.5 Å². The van der Waals surface area contributed by atoms with Gasteiger partial charge in [-0.3, -0.25) is 9.88 Å². The van der Waals surface area contributed by atoms with Gasteiger partial charge in [0.2, 0.25) is 0 Å². The molecule has 0 rings (SSSR count). The molecule has 0 spiro atoms. The Morgan fingerprint density at radius 2 is 1.60 bits per heavy atom. The van der Waals surface area contributed by atoms with Gasteiger partial charge < -0.3 is 9.05 Å². The highest BCUT2D eigenvalue weighted by Crippen LogP contribution is 2.52. The van der Waals surface area contributed by atoms with Crippen molar-refractivity contribution in [1.82, 2.24) is 5.32 Å². The van der Waals surface area contributed by atoms with Crippen LogP contribution in [0.5, 0.6) is 0 Å². The van der Waals surface area contributed by atoms with Crippen molar-refractivity contribution >= 4 is 7.60 Å². The average Bonchev–Trinajstić information content (AvgIpc) is 2.01. The molecule has 92 valence electrons. The Morgan fingerprint density at radius 1 is 1.20 bits per heavy atom. The summed E-state index contributed by atoms with van der Waals surface area (Å²) in [6.07, 6.45) is 0. The average molecular weight is 237 g/mol. The maximum Gasteiger partial charge on any atom is 0.347 e. The highest BCUT2D eigenvalue weighted by molar-refractivity contribution is 7.54. The van der Waals surface area contributed by atoms with Crippen molar-refractivity contribution < 1.29 is 13.6 Å². The van der Waals surface area contributed by atoms with Crippen LogP contribution in [0.4, 0.5) is 0 Å². The van der Waals surface area contributed by atoms with E-state index in [2.05, 4.69) is 5.32 Å². The highest BCUT2D eigenvalue weighted by atomic mass is 31.2. The minimum Gasteiger partial charge on any atom is -0.308 e. The summed E-state index contributed by atoms with van der Waals surface area (Å²) in [6, 6.07) is 0. The lowest BCUT2D eigenvalue weighted by molar-refractivity contribution is 0.203. The van der Waals surface area contributed by atoms with Gasteiger partial charge in [0.25, 0.3) is 0 Å². The van der Waals surface area contributed by atoms with Crippen molar-refractivity contribution in [3.8, 4) is 0 Å². The minimum atomic E-state index is -3.02. The summed E-state index contributed by atoms with van der Waals surface area (Å²) >= 11 is 0.